The summed E-state index contributed by atoms with van der Waals surface area (Å²) < 4.78 is 1.73. The third-order valence-electron chi connectivity index (χ3n) is 2.31. The molecular formula is C11H12N4O. The summed E-state index contributed by atoms with van der Waals surface area (Å²) in [5.41, 5.74) is 1.68. The van der Waals surface area contributed by atoms with Gasteiger partial charge in [0.2, 0.25) is 0 Å². The molecule has 0 atom stereocenters. The number of Topliss-reactive ketones (excluding diaryl/α,β-unsaturated/α-hetero) is 1. The van der Waals surface area contributed by atoms with Crippen molar-refractivity contribution in [2.75, 3.05) is 0 Å². The molecule has 0 N–H and O–H groups in total. The van der Waals surface area contributed by atoms with Crippen LogP contribution < -0.4 is 0 Å². The first-order valence-electron chi connectivity index (χ1n) is 5.03. The lowest BCUT2D eigenvalue weighted by Gasteiger charge is -1.97. The van der Waals surface area contributed by atoms with E-state index in [0.29, 0.717) is 18.4 Å². The van der Waals surface area contributed by atoms with Crippen LogP contribution >= 0.6 is 0 Å². The molecule has 0 bridgehead atoms. The molecule has 0 aromatic carbocycles. The first kappa shape index (κ1) is 10.5. The highest BCUT2D eigenvalue weighted by Gasteiger charge is 2.06. The third kappa shape index (κ3) is 2.50. The standard InChI is InChI=1S/C11H12N4O/c1-15-8-9(6-14-15)2-3-11(16)10-4-5-12-13-7-10/h4-8H,2-3H2,1H3. The van der Waals surface area contributed by atoms with E-state index in [1.807, 2.05) is 13.2 Å². The van der Waals surface area contributed by atoms with Crippen LogP contribution in [0.2, 0.25) is 0 Å². The van der Waals surface area contributed by atoms with Crippen LogP contribution in [0.3, 0.4) is 0 Å². The molecule has 2 aromatic heterocycles. The van der Waals surface area contributed by atoms with Crippen molar-refractivity contribution in [3.8, 4) is 0 Å². The van der Waals surface area contributed by atoms with Crippen molar-refractivity contribution in [2.24, 2.45) is 7.05 Å². The number of aromatic nitrogens is 4. The molecular weight excluding hydrogens is 204 g/mol. The Balaban J connectivity index is 1.94. The third-order valence-corrected chi connectivity index (χ3v) is 2.31. The number of hydrogen-bond acceptors (Lipinski definition) is 4. The molecule has 2 aromatic rings. The maximum Gasteiger partial charge on any atom is 0.164 e. The van der Waals surface area contributed by atoms with Crippen molar-refractivity contribution >= 4 is 5.78 Å². The predicted octanol–water partition coefficient (Wildman–Crippen LogP) is 1.03. The minimum absolute atomic E-state index is 0.0822. The Bertz CT molecular complexity index is 478. The molecule has 0 aliphatic heterocycles. The molecule has 5 nitrogen and oxygen atoms in total. The Morgan fingerprint density at radius 1 is 1.38 bits per heavy atom. The average Bonchev–Trinajstić information content (AvgIpc) is 2.73. The van der Waals surface area contributed by atoms with E-state index in [1.165, 1.54) is 12.4 Å². The van der Waals surface area contributed by atoms with Gasteiger partial charge in [-0.2, -0.15) is 15.3 Å². The second-order valence-corrected chi connectivity index (χ2v) is 3.58. The van der Waals surface area contributed by atoms with Gasteiger partial charge in [-0.05, 0) is 18.1 Å². The van der Waals surface area contributed by atoms with Gasteiger partial charge >= 0.3 is 0 Å². The molecule has 0 saturated carbocycles. The fraction of sp³-hybridized carbons (Fsp3) is 0.273. The van der Waals surface area contributed by atoms with Gasteiger partial charge in [0.25, 0.3) is 0 Å². The van der Waals surface area contributed by atoms with E-state index in [4.69, 9.17) is 0 Å². The molecule has 0 radical (unpaired) electrons. The van der Waals surface area contributed by atoms with Crippen LogP contribution in [0.4, 0.5) is 0 Å². The number of carbonyl (C=O) groups excluding carboxylic acids is 1. The van der Waals surface area contributed by atoms with Crippen LogP contribution in [-0.4, -0.2) is 25.8 Å². The van der Waals surface area contributed by atoms with Gasteiger partial charge < -0.3 is 0 Å². The topological polar surface area (TPSA) is 60.7 Å². The average molecular weight is 216 g/mol. The Labute approximate surface area is 93.1 Å². The summed E-state index contributed by atoms with van der Waals surface area (Å²) >= 11 is 0. The summed E-state index contributed by atoms with van der Waals surface area (Å²) in [6.07, 6.45) is 7.88. The van der Waals surface area contributed by atoms with E-state index < -0.39 is 0 Å². The van der Waals surface area contributed by atoms with E-state index in [0.717, 1.165) is 5.56 Å². The highest BCUT2D eigenvalue weighted by Crippen LogP contribution is 2.06. The van der Waals surface area contributed by atoms with Crippen LogP contribution in [-0.2, 0) is 13.5 Å². The van der Waals surface area contributed by atoms with Crippen LogP contribution in [0.15, 0.2) is 30.9 Å². The van der Waals surface area contributed by atoms with Crippen molar-refractivity contribution in [2.45, 2.75) is 12.8 Å². The first-order chi connectivity index (χ1) is 7.75. The molecule has 0 amide bonds. The number of aryl methyl sites for hydroxylation is 2. The quantitative estimate of drug-likeness (QED) is 0.716. The smallest absolute Gasteiger partial charge is 0.164 e. The van der Waals surface area contributed by atoms with Gasteiger partial charge in [0.1, 0.15) is 0 Å². The largest absolute Gasteiger partial charge is 0.294 e. The molecule has 0 spiro atoms. The number of ketones is 1. The zero-order valence-corrected chi connectivity index (χ0v) is 9.00. The van der Waals surface area contributed by atoms with Gasteiger partial charge in [-0.3, -0.25) is 9.48 Å². The van der Waals surface area contributed by atoms with Crippen molar-refractivity contribution in [1.82, 2.24) is 20.0 Å². The summed E-state index contributed by atoms with van der Waals surface area (Å²) in [4.78, 5) is 11.7. The highest BCUT2D eigenvalue weighted by molar-refractivity contribution is 5.95. The van der Waals surface area contributed by atoms with Crippen molar-refractivity contribution in [1.29, 1.82) is 0 Å². The minimum atomic E-state index is 0.0822. The molecule has 0 saturated heterocycles. The fourth-order valence-electron chi connectivity index (χ4n) is 1.46. The lowest BCUT2D eigenvalue weighted by Crippen LogP contribution is -2.01. The number of rotatable bonds is 4. The second-order valence-electron chi connectivity index (χ2n) is 3.58. The van der Waals surface area contributed by atoms with Crippen LogP contribution in [0.1, 0.15) is 22.3 Å². The molecule has 16 heavy (non-hydrogen) atoms. The molecule has 82 valence electrons. The summed E-state index contributed by atoms with van der Waals surface area (Å²) in [5, 5.41) is 11.4. The monoisotopic (exact) mass is 216 g/mol. The van der Waals surface area contributed by atoms with Gasteiger partial charge in [-0.25, -0.2) is 0 Å². The van der Waals surface area contributed by atoms with Gasteiger partial charge in [0.15, 0.2) is 5.78 Å². The van der Waals surface area contributed by atoms with Gasteiger partial charge in [-0.1, -0.05) is 0 Å². The Morgan fingerprint density at radius 2 is 2.25 bits per heavy atom. The Hall–Kier alpha value is -2.04. The van der Waals surface area contributed by atoms with Crippen molar-refractivity contribution in [3.05, 3.63) is 42.0 Å². The molecule has 0 unspecified atom stereocenters. The lowest BCUT2D eigenvalue weighted by atomic mass is 10.1. The van der Waals surface area contributed by atoms with E-state index in [1.54, 1.807) is 16.9 Å². The number of carbonyl (C=O) groups is 1. The summed E-state index contributed by atoms with van der Waals surface area (Å²) in [6, 6.07) is 1.68. The highest BCUT2D eigenvalue weighted by atomic mass is 16.1. The molecule has 2 heterocycles. The first-order valence-corrected chi connectivity index (χ1v) is 5.03. The molecule has 0 aliphatic carbocycles. The maximum atomic E-state index is 11.7. The van der Waals surface area contributed by atoms with Gasteiger partial charge in [0.05, 0.1) is 18.6 Å². The van der Waals surface area contributed by atoms with Crippen molar-refractivity contribution in [3.63, 3.8) is 0 Å². The van der Waals surface area contributed by atoms with Crippen LogP contribution in [0, 0.1) is 0 Å². The van der Waals surface area contributed by atoms with E-state index in [-0.39, 0.29) is 5.78 Å². The predicted molar refractivity (Wildman–Crippen MR) is 57.9 cm³/mol. The molecule has 5 heteroatoms. The molecule has 2 rings (SSSR count). The van der Waals surface area contributed by atoms with E-state index >= 15 is 0 Å². The zero-order valence-electron chi connectivity index (χ0n) is 9.00. The lowest BCUT2D eigenvalue weighted by molar-refractivity contribution is 0.0982. The maximum absolute atomic E-state index is 11.7. The second kappa shape index (κ2) is 4.65. The fourth-order valence-corrected chi connectivity index (χ4v) is 1.46. The van der Waals surface area contributed by atoms with Gasteiger partial charge in [-0.15, -0.1) is 0 Å². The SMILES string of the molecule is Cn1cc(CCC(=O)c2ccnnc2)cn1. The number of hydrogen-bond donors (Lipinski definition) is 0. The summed E-state index contributed by atoms with van der Waals surface area (Å²) in [5.74, 6) is 0.0822. The summed E-state index contributed by atoms with van der Waals surface area (Å²) in [7, 11) is 1.86. The van der Waals surface area contributed by atoms with E-state index in [9.17, 15) is 4.79 Å². The molecule has 0 aliphatic rings. The Kier molecular flexibility index (Phi) is 3.05. The summed E-state index contributed by atoms with van der Waals surface area (Å²) in [6.45, 7) is 0. The normalized spacial score (nSPS) is 10.3. The van der Waals surface area contributed by atoms with Gasteiger partial charge in [0, 0.05) is 25.2 Å². The van der Waals surface area contributed by atoms with Crippen molar-refractivity contribution < 1.29 is 4.79 Å². The minimum Gasteiger partial charge on any atom is -0.294 e. The van der Waals surface area contributed by atoms with Crippen LogP contribution in [0.5, 0.6) is 0 Å². The molecule has 0 fully saturated rings. The van der Waals surface area contributed by atoms with E-state index in [2.05, 4.69) is 15.3 Å². The van der Waals surface area contributed by atoms with Crippen LogP contribution in [0.25, 0.3) is 0 Å². The Morgan fingerprint density at radius 3 is 2.88 bits per heavy atom. The number of nitrogens with zero attached hydrogens (tertiary/aromatic N) is 4. The zero-order chi connectivity index (χ0) is 11.4.